The molecular weight excluding hydrogens is 303 g/mol. The Kier molecular flexibility index (Phi) is 3.68. The fourth-order valence-corrected chi connectivity index (χ4v) is 2.09. The second kappa shape index (κ2) is 5.80. The van der Waals surface area contributed by atoms with Gasteiger partial charge in [0.05, 0.1) is 4.92 Å². The molecule has 0 spiro atoms. The minimum absolute atomic E-state index is 0.0521. The van der Waals surface area contributed by atoms with Crippen LogP contribution in [0.5, 0.6) is 0 Å². The van der Waals surface area contributed by atoms with Crippen molar-refractivity contribution in [3.63, 3.8) is 0 Å². The number of carbonyl (C=O) groups is 1. The van der Waals surface area contributed by atoms with Crippen LogP contribution >= 0.6 is 0 Å². The van der Waals surface area contributed by atoms with Crippen molar-refractivity contribution in [1.29, 1.82) is 0 Å². The maximum absolute atomic E-state index is 13.2. The number of para-hydroxylation sites is 1. The summed E-state index contributed by atoms with van der Waals surface area (Å²) in [5.41, 5.74) is 0.271. The van der Waals surface area contributed by atoms with Crippen molar-refractivity contribution >= 4 is 23.6 Å². The predicted octanol–water partition coefficient (Wildman–Crippen LogP) is 3.08. The third-order valence-electron chi connectivity index (χ3n) is 3.10. The van der Waals surface area contributed by atoms with Gasteiger partial charge in [-0.15, -0.1) is 0 Å². The number of rotatable bonds is 3. The Hall–Kier alpha value is -3.35. The molecule has 0 saturated heterocycles. The summed E-state index contributed by atoms with van der Waals surface area (Å²) in [7, 11) is 0. The summed E-state index contributed by atoms with van der Waals surface area (Å²) in [6, 6.07) is 11.4. The molecule has 114 valence electrons. The zero-order valence-electron chi connectivity index (χ0n) is 11.6. The molecule has 0 atom stereocenters. The maximum atomic E-state index is 13.2. The number of aliphatic imine (C=N–C) groups is 1. The average molecular weight is 312 g/mol. The lowest BCUT2D eigenvalue weighted by atomic mass is 10.2. The predicted molar refractivity (Wildman–Crippen MR) is 80.1 cm³/mol. The quantitative estimate of drug-likeness (QED) is 0.377. The monoisotopic (exact) mass is 312 g/mol. The second-order valence-corrected chi connectivity index (χ2v) is 4.67. The molecule has 1 aliphatic heterocycles. The highest BCUT2D eigenvalue weighted by Crippen LogP contribution is 2.25. The number of carbonyl (C=O) groups excluding carboxylic acids is 1. The van der Waals surface area contributed by atoms with Crippen molar-refractivity contribution in [3.8, 4) is 0 Å². The van der Waals surface area contributed by atoms with E-state index in [0.29, 0.717) is 5.56 Å². The smallest absolute Gasteiger partial charge is 0.363 e. The molecule has 0 unspecified atom stereocenters. The molecule has 0 aliphatic carbocycles. The van der Waals surface area contributed by atoms with E-state index in [1.807, 2.05) is 0 Å². The van der Waals surface area contributed by atoms with Gasteiger partial charge in [0, 0.05) is 6.07 Å². The van der Waals surface area contributed by atoms with Gasteiger partial charge in [-0.2, -0.15) is 0 Å². The molecule has 6 nitrogen and oxygen atoms in total. The van der Waals surface area contributed by atoms with Crippen LogP contribution < -0.4 is 0 Å². The van der Waals surface area contributed by atoms with Gasteiger partial charge in [-0.1, -0.05) is 24.3 Å². The Morgan fingerprint density at radius 1 is 1.17 bits per heavy atom. The highest BCUT2D eigenvalue weighted by Gasteiger charge is 2.28. The fourth-order valence-electron chi connectivity index (χ4n) is 2.09. The van der Waals surface area contributed by atoms with Gasteiger partial charge in [-0.25, -0.2) is 14.2 Å². The number of hydrogen-bond acceptors (Lipinski definition) is 5. The molecule has 23 heavy (non-hydrogen) atoms. The number of esters is 1. The second-order valence-electron chi connectivity index (χ2n) is 4.67. The van der Waals surface area contributed by atoms with E-state index in [4.69, 9.17) is 4.74 Å². The fraction of sp³-hybridized carbons (Fsp3) is 0. The Balaban J connectivity index is 2.01. The normalized spacial score (nSPS) is 15.4. The Morgan fingerprint density at radius 3 is 2.70 bits per heavy atom. The lowest BCUT2D eigenvalue weighted by molar-refractivity contribution is -0.385. The first-order valence-corrected chi connectivity index (χ1v) is 6.56. The van der Waals surface area contributed by atoms with Crippen molar-refractivity contribution in [2.75, 3.05) is 0 Å². The summed E-state index contributed by atoms with van der Waals surface area (Å²) < 4.78 is 18.2. The van der Waals surface area contributed by atoms with Gasteiger partial charge in [0.1, 0.15) is 11.4 Å². The first-order valence-electron chi connectivity index (χ1n) is 6.56. The van der Waals surface area contributed by atoms with Crippen molar-refractivity contribution in [2.24, 2.45) is 4.99 Å². The van der Waals surface area contributed by atoms with Gasteiger partial charge in [0.15, 0.2) is 5.70 Å². The summed E-state index contributed by atoms with van der Waals surface area (Å²) in [5.74, 6) is -1.35. The maximum Gasteiger partial charge on any atom is 0.363 e. The summed E-state index contributed by atoms with van der Waals surface area (Å²) in [5, 5.41) is 11.0. The van der Waals surface area contributed by atoms with Crippen LogP contribution in [0.2, 0.25) is 0 Å². The highest BCUT2D eigenvalue weighted by molar-refractivity contribution is 6.14. The lowest BCUT2D eigenvalue weighted by Gasteiger charge is -2.00. The van der Waals surface area contributed by atoms with Gasteiger partial charge in [0.2, 0.25) is 5.90 Å². The van der Waals surface area contributed by atoms with E-state index in [0.717, 1.165) is 0 Å². The molecule has 2 aromatic rings. The minimum Gasteiger partial charge on any atom is -0.402 e. The molecule has 0 bridgehead atoms. The van der Waals surface area contributed by atoms with Gasteiger partial charge in [0.25, 0.3) is 5.69 Å². The summed E-state index contributed by atoms with van der Waals surface area (Å²) >= 11 is 0. The van der Waals surface area contributed by atoms with Crippen LogP contribution in [-0.2, 0) is 9.53 Å². The molecule has 0 fully saturated rings. The lowest BCUT2D eigenvalue weighted by Crippen LogP contribution is -2.07. The SMILES string of the molecule is O=C1OC(c2ccccc2[N+](=O)[O-])=N/C1=C/c1cccc(F)c1. The Morgan fingerprint density at radius 2 is 1.96 bits per heavy atom. The van der Waals surface area contributed by atoms with Crippen LogP contribution in [0.3, 0.4) is 0 Å². The summed E-state index contributed by atoms with van der Waals surface area (Å²) in [6.45, 7) is 0. The van der Waals surface area contributed by atoms with E-state index in [-0.39, 0.29) is 22.8 Å². The van der Waals surface area contributed by atoms with Crippen LogP contribution in [0.15, 0.2) is 59.2 Å². The van der Waals surface area contributed by atoms with Crippen molar-refractivity contribution in [3.05, 3.63) is 81.3 Å². The van der Waals surface area contributed by atoms with Crippen molar-refractivity contribution in [1.82, 2.24) is 0 Å². The molecule has 0 aromatic heterocycles. The van der Waals surface area contributed by atoms with Crippen LogP contribution in [0, 0.1) is 15.9 Å². The minimum atomic E-state index is -0.748. The standard InChI is InChI=1S/C16H9FN2O4/c17-11-5-3-4-10(8-11)9-13-16(20)23-15(18-13)12-6-1-2-7-14(12)19(21)22/h1-9H/b13-9+. The van der Waals surface area contributed by atoms with Crippen molar-refractivity contribution < 1.29 is 18.8 Å². The first-order chi connectivity index (χ1) is 11.0. The molecule has 0 N–H and O–H groups in total. The highest BCUT2D eigenvalue weighted by atomic mass is 19.1. The number of nitrogens with zero attached hydrogens (tertiary/aromatic N) is 2. The Labute approximate surface area is 129 Å². The van der Waals surface area contributed by atoms with Gasteiger partial charge < -0.3 is 4.74 Å². The van der Waals surface area contributed by atoms with Crippen LogP contribution in [0.25, 0.3) is 6.08 Å². The largest absolute Gasteiger partial charge is 0.402 e. The van der Waals surface area contributed by atoms with E-state index >= 15 is 0 Å². The third-order valence-corrected chi connectivity index (χ3v) is 3.10. The van der Waals surface area contributed by atoms with Crippen molar-refractivity contribution in [2.45, 2.75) is 0 Å². The number of cyclic esters (lactones) is 1. The summed E-state index contributed by atoms with van der Waals surface area (Å²) in [6.07, 6.45) is 1.35. The molecule has 0 radical (unpaired) electrons. The zero-order chi connectivity index (χ0) is 16.4. The number of ether oxygens (including phenoxy) is 1. The number of benzene rings is 2. The van der Waals surface area contributed by atoms with Gasteiger partial charge in [-0.3, -0.25) is 10.1 Å². The Bertz CT molecular complexity index is 874. The first kappa shape index (κ1) is 14.6. The van der Waals surface area contributed by atoms with E-state index in [1.54, 1.807) is 12.1 Å². The van der Waals surface area contributed by atoms with Crippen LogP contribution in [0.1, 0.15) is 11.1 Å². The number of halogens is 1. The van der Waals surface area contributed by atoms with Gasteiger partial charge >= 0.3 is 5.97 Å². The molecule has 0 amide bonds. The number of nitro benzene ring substituents is 1. The number of nitro groups is 1. The third kappa shape index (κ3) is 2.98. The van der Waals surface area contributed by atoms with Crippen LogP contribution in [-0.4, -0.2) is 16.8 Å². The molecule has 0 saturated carbocycles. The summed E-state index contributed by atoms with van der Waals surface area (Å²) in [4.78, 5) is 26.3. The molecule has 1 aliphatic rings. The molecular formula is C16H9FN2O4. The average Bonchev–Trinajstić information content (AvgIpc) is 2.88. The molecule has 3 rings (SSSR count). The zero-order valence-corrected chi connectivity index (χ0v) is 11.6. The van der Waals surface area contributed by atoms with E-state index < -0.39 is 16.7 Å². The van der Waals surface area contributed by atoms with E-state index in [1.165, 1.54) is 42.5 Å². The van der Waals surface area contributed by atoms with E-state index in [9.17, 15) is 19.3 Å². The van der Waals surface area contributed by atoms with Gasteiger partial charge in [-0.05, 0) is 29.8 Å². The molecule has 7 heteroatoms. The van der Waals surface area contributed by atoms with Crippen LogP contribution in [0.4, 0.5) is 10.1 Å². The van der Waals surface area contributed by atoms with E-state index in [2.05, 4.69) is 4.99 Å². The topological polar surface area (TPSA) is 81.8 Å². The molecule has 2 aromatic carbocycles. The molecule has 1 heterocycles. The number of hydrogen-bond donors (Lipinski definition) is 0.